The molecule has 0 aliphatic carbocycles. The SMILES string of the molecule is COc1n[nH]c(NC(=O)CCCNC(=O)C(C)(C)C)n1. The van der Waals surface area contributed by atoms with Crippen molar-refractivity contribution < 1.29 is 14.3 Å². The van der Waals surface area contributed by atoms with Crippen molar-refractivity contribution in [2.75, 3.05) is 19.0 Å². The van der Waals surface area contributed by atoms with Gasteiger partial charge in [-0.3, -0.25) is 14.9 Å². The van der Waals surface area contributed by atoms with Crippen LogP contribution in [-0.4, -0.2) is 40.7 Å². The number of nitrogens with one attached hydrogen (secondary N) is 3. The number of H-pyrrole nitrogens is 1. The summed E-state index contributed by atoms with van der Waals surface area (Å²) in [6, 6.07) is 0.165. The van der Waals surface area contributed by atoms with Crippen molar-refractivity contribution in [3.63, 3.8) is 0 Å². The minimum absolute atomic E-state index is 0.0297. The highest BCUT2D eigenvalue weighted by atomic mass is 16.5. The van der Waals surface area contributed by atoms with Gasteiger partial charge in [0.1, 0.15) is 0 Å². The van der Waals surface area contributed by atoms with E-state index in [0.29, 0.717) is 13.0 Å². The highest BCUT2D eigenvalue weighted by Crippen LogP contribution is 2.12. The number of aromatic amines is 1. The van der Waals surface area contributed by atoms with Gasteiger partial charge in [-0.2, -0.15) is 4.98 Å². The molecule has 1 aromatic heterocycles. The van der Waals surface area contributed by atoms with Gasteiger partial charge in [-0.05, 0) is 6.42 Å². The van der Waals surface area contributed by atoms with Gasteiger partial charge in [0.2, 0.25) is 17.8 Å². The van der Waals surface area contributed by atoms with Crippen LogP contribution in [0.5, 0.6) is 6.01 Å². The first kappa shape index (κ1) is 15.9. The average molecular weight is 283 g/mol. The lowest BCUT2D eigenvalue weighted by atomic mass is 9.96. The Kier molecular flexibility index (Phi) is 5.48. The fraction of sp³-hybridized carbons (Fsp3) is 0.667. The summed E-state index contributed by atoms with van der Waals surface area (Å²) in [5.41, 5.74) is -0.418. The van der Waals surface area contributed by atoms with Crippen LogP contribution >= 0.6 is 0 Å². The fourth-order valence-corrected chi connectivity index (χ4v) is 1.30. The minimum Gasteiger partial charge on any atom is -0.466 e. The molecule has 1 aromatic rings. The van der Waals surface area contributed by atoms with Gasteiger partial charge < -0.3 is 10.1 Å². The van der Waals surface area contributed by atoms with E-state index in [-0.39, 0.29) is 30.2 Å². The van der Waals surface area contributed by atoms with E-state index in [2.05, 4.69) is 25.8 Å². The number of nitrogens with zero attached hydrogens (tertiary/aromatic N) is 2. The van der Waals surface area contributed by atoms with Crippen LogP contribution in [0.4, 0.5) is 5.95 Å². The van der Waals surface area contributed by atoms with E-state index in [4.69, 9.17) is 4.74 Å². The highest BCUT2D eigenvalue weighted by molar-refractivity contribution is 5.88. The summed E-state index contributed by atoms with van der Waals surface area (Å²) in [6.45, 7) is 5.98. The van der Waals surface area contributed by atoms with Gasteiger partial charge in [0, 0.05) is 18.4 Å². The number of anilines is 1. The number of hydrogen-bond donors (Lipinski definition) is 3. The largest absolute Gasteiger partial charge is 0.466 e. The molecule has 3 N–H and O–H groups in total. The van der Waals surface area contributed by atoms with Crippen molar-refractivity contribution in [2.24, 2.45) is 5.41 Å². The zero-order chi connectivity index (χ0) is 15.2. The Morgan fingerprint density at radius 1 is 1.35 bits per heavy atom. The molecule has 0 aliphatic rings. The molecule has 20 heavy (non-hydrogen) atoms. The quantitative estimate of drug-likeness (QED) is 0.666. The molecule has 0 bridgehead atoms. The standard InChI is InChI=1S/C12H21N5O3/c1-12(2,3)9(19)13-7-5-6-8(18)14-10-15-11(20-4)17-16-10/h5-7H2,1-4H3,(H,13,19)(H2,14,15,16,17,18). The van der Waals surface area contributed by atoms with Crippen LogP contribution in [0.3, 0.4) is 0 Å². The zero-order valence-electron chi connectivity index (χ0n) is 12.2. The first-order chi connectivity index (χ1) is 9.32. The molecule has 0 saturated carbocycles. The van der Waals surface area contributed by atoms with E-state index >= 15 is 0 Å². The van der Waals surface area contributed by atoms with Gasteiger partial charge in [-0.25, -0.2) is 5.10 Å². The summed E-state index contributed by atoms with van der Waals surface area (Å²) in [4.78, 5) is 27.1. The molecule has 0 aromatic carbocycles. The van der Waals surface area contributed by atoms with Gasteiger partial charge in [0.15, 0.2) is 0 Å². The third-order valence-electron chi connectivity index (χ3n) is 2.45. The topological polar surface area (TPSA) is 109 Å². The summed E-state index contributed by atoms with van der Waals surface area (Å²) in [6.07, 6.45) is 0.840. The molecule has 8 nitrogen and oxygen atoms in total. The Balaban J connectivity index is 2.22. The number of aromatic nitrogens is 3. The van der Waals surface area contributed by atoms with Crippen molar-refractivity contribution in [3.05, 3.63) is 0 Å². The van der Waals surface area contributed by atoms with E-state index in [1.54, 1.807) is 0 Å². The first-order valence-corrected chi connectivity index (χ1v) is 6.37. The predicted octanol–water partition coefficient (Wildman–Crippen LogP) is 0.694. The molecule has 0 fully saturated rings. The number of ether oxygens (including phenoxy) is 1. The molecule has 1 rings (SSSR count). The maximum atomic E-state index is 11.6. The number of methoxy groups -OCH3 is 1. The lowest BCUT2D eigenvalue weighted by molar-refractivity contribution is -0.128. The van der Waals surface area contributed by atoms with Gasteiger partial charge in [0.25, 0.3) is 0 Å². The highest BCUT2D eigenvalue weighted by Gasteiger charge is 2.20. The van der Waals surface area contributed by atoms with Crippen LogP contribution in [0.15, 0.2) is 0 Å². The van der Waals surface area contributed by atoms with Gasteiger partial charge >= 0.3 is 6.01 Å². The third kappa shape index (κ3) is 5.25. The Bertz CT molecular complexity index is 464. The summed E-state index contributed by atoms with van der Waals surface area (Å²) >= 11 is 0. The Labute approximate surface area is 117 Å². The number of amides is 2. The maximum absolute atomic E-state index is 11.6. The number of rotatable bonds is 6. The summed E-state index contributed by atoms with van der Waals surface area (Å²) in [5, 5.41) is 11.6. The fourth-order valence-electron chi connectivity index (χ4n) is 1.30. The van der Waals surface area contributed by atoms with Crippen molar-refractivity contribution >= 4 is 17.8 Å². The summed E-state index contributed by atoms with van der Waals surface area (Å²) < 4.78 is 4.78. The third-order valence-corrected chi connectivity index (χ3v) is 2.45. The summed E-state index contributed by atoms with van der Waals surface area (Å²) in [7, 11) is 1.44. The van der Waals surface area contributed by atoms with Crippen LogP contribution < -0.4 is 15.4 Å². The van der Waals surface area contributed by atoms with Crippen molar-refractivity contribution in [1.29, 1.82) is 0 Å². The second kappa shape index (κ2) is 6.88. The summed E-state index contributed by atoms with van der Waals surface area (Å²) in [5.74, 6) is 0.0114. The van der Waals surface area contributed by atoms with E-state index in [1.165, 1.54) is 7.11 Å². The van der Waals surface area contributed by atoms with E-state index < -0.39 is 5.41 Å². The molecule has 1 heterocycles. The van der Waals surface area contributed by atoms with Crippen molar-refractivity contribution in [3.8, 4) is 6.01 Å². The molecule has 0 unspecified atom stereocenters. The number of carbonyl (C=O) groups is 2. The number of hydrogen-bond acceptors (Lipinski definition) is 5. The van der Waals surface area contributed by atoms with Crippen LogP contribution in [0.2, 0.25) is 0 Å². The monoisotopic (exact) mass is 283 g/mol. The predicted molar refractivity (Wildman–Crippen MR) is 73.3 cm³/mol. The van der Waals surface area contributed by atoms with E-state index in [9.17, 15) is 9.59 Å². The van der Waals surface area contributed by atoms with Crippen molar-refractivity contribution in [2.45, 2.75) is 33.6 Å². The van der Waals surface area contributed by atoms with Gasteiger partial charge in [-0.1, -0.05) is 20.8 Å². The average Bonchev–Trinajstić information content (AvgIpc) is 2.80. The molecule has 0 aliphatic heterocycles. The smallest absolute Gasteiger partial charge is 0.336 e. The molecule has 2 amide bonds. The first-order valence-electron chi connectivity index (χ1n) is 6.37. The molecule has 0 spiro atoms. The Morgan fingerprint density at radius 2 is 2.05 bits per heavy atom. The molecule has 0 atom stereocenters. The normalized spacial score (nSPS) is 11.0. The van der Waals surface area contributed by atoms with Gasteiger partial charge in [-0.15, -0.1) is 5.10 Å². The van der Waals surface area contributed by atoms with E-state index in [0.717, 1.165) is 0 Å². The van der Waals surface area contributed by atoms with Crippen molar-refractivity contribution in [1.82, 2.24) is 20.5 Å². The molecule has 0 radical (unpaired) electrons. The maximum Gasteiger partial charge on any atom is 0.336 e. The zero-order valence-corrected chi connectivity index (χ0v) is 12.2. The van der Waals surface area contributed by atoms with Gasteiger partial charge in [0.05, 0.1) is 7.11 Å². The Hall–Kier alpha value is -2.12. The second-order valence-corrected chi connectivity index (χ2v) is 5.33. The molecule has 0 saturated heterocycles. The lowest BCUT2D eigenvalue weighted by Gasteiger charge is -2.17. The molecular formula is C12H21N5O3. The van der Waals surface area contributed by atoms with E-state index in [1.807, 2.05) is 20.8 Å². The molecule has 8 heteroatoms. The molecular weight excluding hydrogens is 262 g/mol. The minimum atomic E-state index is -0.418. The van der Waals surface area contributed by atoms with Crippen LogP contribution in [0.25, 0.3) is 0 Å². The Morgan fingerprint density at radius 3 is 2.60 bits per heavy atom. The molecule has 112 valence electrons. The van der Waals surface area contributed by atoms with Crippen LogP contribution in [0, 0.1) is 5.41 Å². The second-order valence-electron chi connectivity index (χ2n) is 5.33. The number of carbonyl (C=O) groups excluding carboxylic acids is 2. The van der Waals surface area contributed by atoms with Crippen LogP contribution in [-0.2, 0) is 9.59 Å². The van der Waals surface area contributed by atoms with Crippen LogP contribution in [0.1, 0.15) is 33.6 Å². The lowest BCUT2D eigenvalue weighted by Crippen LogP contribution is -2.35.